The molecule has 0 aliphatic carbocycles. The number of methoxy groups -OCH3 is 1. The Balaban J connectivity index is 3.72. The van der Waals surface area contributed by atoms with Gasteiger partial charge in [0, 0.05) is 17.3 Å². The molecule has 0 saturated carbocycles. The average molecular weight is 268 g/mol. The zero-order chi connectivity index (χ0) is 12.6. The first kappa shape index (κ1) is 15.8. The van der Waals surface area contributed by atoms with Gasteiger partial charge in [0.15, 0.2) is 9.84 Å². The lowest BCUT2D eigenvalue weighted by Crippen LogP contribution is -2.17. The van der Waals surface area contributed by atoms with Crippen LogP contribution in [0.15, 0.2) is 0 Å². The van der Waals surface area contributed by atoms with Gasteiger partial charge in [-0.15, -0.1) is 0 Å². The minimum absolute atomic E-state index is 0.177. The third kappa shape index (κ3) is 7.11. The number of carbonyl (C=O) groups is 1. The molecule has 0 aromatic carbocycles. The molecule has 0 rings (SSSR count). The van der Waals surface area contributed by atoms with Crippen molar-refractivity contribution in [1.29, 1.82) is 0 Å². The van der Waals surface area contributed by atoms with E-state index < -0.39 is 9.84 Å². The number of hydrogen-bond donors (Lipinski definition) is 0. The standard InChI is InChI=1S/C10H20O4S2/c1-4-6-16(12,13)7-5-15-8-9(2)10(11)14-3/h9H,4-8H2,1-3H3. The van der Waals surface area contributed by atoms with Crippen LogP contribution in [-0.4, -0.2) is 44.5 Å². The summed E-state index contributed by atoms with van der Waals surface area (Å²) in [5, 5.41) is 0. The Morgan fingerprint density at radius 1 is 1.38 bits per heavy atom. The summed E-state index contributed by atoms with van der Waals surface area (Å²) < 4.78 is 27.3. The van der Waals surface area contributed by atoms with Crippen LogP contribution in [0.5, 0.6) is 0 Å². The summed E-state index contributed by atoms with van der Waals surface area (Å²) in [7, 11) is -1.54. The van der Waals surface area contributed by atoms with E-state index in [9.17, 15) is 13.2 Å². The van der Waals surface area contributed by atoms with E-state index in [2.05, 4.69) is 4.74 Å². The summed E-state index contributed by atoms with van der Waals surface area (Å²) >= 11 is 1.48. The van der Waals surface area contributed by atoms with Gasteiger partial charge in [0.05, 0.1) is 18.8 Å². The van der Waals surface area contributed by atoms with Gasteiger partial charge in [-0.25, -0.2) is 8.42 Å². The molecule has 0 N–H and O–H groups in total. The van der Waals surface area contributed by atoms with E-state index in [1.165, 1.54) is 18.9 Å². The highest BCUT2D eigenvalue weighted by Gasteiger charge is 2.14. The van der Waals surface area contributed by atoms with Crippen LogP contribution in [0.4, 0.5) is 0 Å². The number of sulfone groups is 1. The van der Waals surface area contributed by atoms with Gasteiger partial charge in [-0.05, 0) is 6.42 Å². The normalized spacial score (nSPS) is 13.4. The summed E-state index contributed by atoms with van der Waals surface area (Å²) in [5.74, 6) is 1.17. The van der Waals surface area contributed by atoms with Crippen LogP contribution in [0, 0.1) is 5.92 Å². The lowest BCUT2D eigenvalue weighted by atomic mass is 10.2. The molecule has 0 aromatic rings. The molecule has 0 aliphatic heterocycles. The fourth-order valence-electron chi connectivity index (χ4n) is 1.13. The van der Waals surface area contributed by atoms with E-state index in [4.69, 9.17) is 0 Å². The summed E-state index contributed by atoms with van der Waals surface area (Å²) in [5.41, 5.74) is 0. The van der Waals surface area contributed by atoms with Crippen molar-refractivity contribution in [3.8, 4) is 0 Å². The Morgan fingerprint density at radius 3 is 2.50 bits per heavy atom. The highest BCUT2D eigenvalue weighted by Crippen LogP contribution is 2.10. The molecule has 0 bridgehead atoms. The Kier molecular flexibility index (Phi) is 7.83. The molecule has 1 unspecified atom stereocenters. The van der Waals surface area contributed by atoms with Gasteiger partial charge >= 0.3 is 5.97 Å². The molecule has 0 radical (unpaired) electrons. The van der Waals surface area contributed by atoms with Gasteiger partial charge in [-0.3, -0.25) is 4.79 Å². The largest absolute Gasteiger partial charge is 0.469 e. The maximum Gasteiger partial charge on any atom is 0.309 e. The van der Waals surface area contributed by atoms with Gasteiger partial charge < -0.3 is 4.74 Å². The quantitative estimate of drug-likeness (QED) is 0.491. The second kappa shape index (κ2) is 7.95. The van der Waals surface area contributed by atoms with Crippen LogP contribution in [0.25, 0.3) is 0 Å². The SMILES string of the molecule is CCCS(=O)(=O)CCSCC(C)C(=O)OC. The second-order valence-electron chi connectivity index (χ2n) is 3.65. The summed E-state index contributed by atoms with van der Waals surface area (Å²) in [6.45, 7) is 3.63. The van der Waals surface area contributed by atoms with Crippen LogP contribution in [-0.2, 0) is 19.4 Å². The lowest BCUT2D eigenvalue weighted by molar-refractivity contribution is -0.143. The summed E-state index contributed by atoms with van der Waals surface area (Å²) in [6.07, 6.45) is 0.658. The molecule has 0 spiro atoms. The number of thioether (sulfide) groups is 1. The van der Waals surface area contributed by atoms with E-state index in [0.717, 1.165) is 0 Å². The molecular formula is C10H20O4S2. The zero-order valence-corrected chi connectivity index (χ0v) is 11.7. The molecular weight excluding hydrogens is 248 g/mol. The number of esters is 1. The van der Waals surface area contributed by atoms with Crippen LogP contribution in [0.1, 0.15) is 20.3 Å². The average Bonchev–Trinajstić information content (AvgIpc) is 2.22. The van der Waals surface area contributed by atoms with Crippen molar-refractivity contribution in [1.82, 2.24) is 0 Å². The van der Waals surface area contributed by atoms with Crippen LogP contribution in [0.2, 0.25) is 0 Å². The van der Waals surface area contributed by atoms with Gasteiger partial charge in [-0.2, -0.15) is 11.8 Å². The fraction of sp³-hybridized carbons (Fsp3) is 0.900. The predicted octanol–water partition coefficient (Wildman–Crippen LogP) is 1.35. The van der Waals surface area contributed by atoms with Crippen molar-refractivity contribution in [2.45, 2.75) is 20.3 Å². The number of ether oxygens (including phenoxy) is 1. The molecule has 0 heterocycles. The fourth-order valence-corrected chi connectivity index (χ4v) is 4.10. The third-order valence-electron chi connectivity index (χ3n) is 2.03. The van der Waals surface area contributed by atoms with E-state index in [0.29, 0.717) is 17.9 Å². The van der Waals surface area contributed by atoms with Crippen molar-refractivity contribution >= 4 is 27.6 Å². The van der Waals surface area contributed by atoms with Crippen LogP contribution in [0.3, 0.4) is 0 Å². The molecule has 0 aliphatic rings. The van der Waals surface area contributed by atoms with E-state index in [1.54, 1.807) is 6.92 Å². The Hall–Kier alpha value is -0.230. The van der Waals surface area contributed by atoms with E-state index in [1.807, 2.05) is 6.92 Å². The number of hydrogen-bond acceptors (Lipinski definition) is 5. The van der Waals surface area contributed by atoms with Crippen molar-refractivity contribution in [3.63, 3.8) is 0 Å². The Bertz CT molecular complexity index is 298. The third-order valence-corrected chi connectivity index (χ3v) is 5.37. The highest BCUT2D eigenvalue weighted by atomic mass is 32.2. The van der Waals surface area contributed by atoms with Crippen LogP contribution >= 0.6 is 11.8 Å². The van der Waals surface area contributed by atoms with Gasteiger partial charge in [-0.1, -0.05) is 13.8 Å². The molecule has 4 nitrogen and oxygen atoms in total. The van der Waals surface area contributed by atoms with Crippen LogP contribution < -0.4 is 0 Å². The minimum atomic E-state index is -2.89. The maximum absolute atomic E-state index is 11.4. The molecule has 96 valence electrons. The number of rotatable bonds is 8. The van der Waals surface area contributed by atoms with Crippen molar-refractivity contribution in [2.75, 3.05) is 30.1 Å². The molecule has 0 aromatic heterocycles. The van der Waals surface area contributed by atoms with E-state index in [-0.39, 0.29) is 23.4 Å². The molecule has 0 saturated heterocycles. The Morgan fingerprint density at radius 2 is 2.00 bits per heavy atom. The molecule has 16 heavy (non-hydrogen) atoms. The maximum atomic E-state index is 11.4. The minimum Gasteiger partial charge on any atom is -0.469 e. The first-order valence-corrected chi connectivity index (χ1v) is 8.26. The summed E-state index contributed by atoms with van der Waals surface area (Å²) in [6, 6.07) is 0. The van der Waals surface area contributed by atoms with Crippen molar-refractivity contribution < 1.29 is 17.9 Å². The van der Waals surface area contributed by atoms with Gasteiger partial charge in [0.25, 0.3) is 0 Å². The highest BCUT2D eigenvalue weighted by molar-refractivity contribution is 8.00. The van der Waals surface area contributed by atoms with Gasteiger partial charge in [0.1, 0.15) is 0 Å². The second-order valence-corrected chi connectivity index (χ2v) is 7.10. The predicted molar refractivity (Wildman–Crippen MR) is 67.4 cm³/mol. The van der Waals surface area contributed by atoms with Gasteiger partial charge in [0.2, 0.25) is 0 Å². The first-order valence-electron chi connectivity index (χ1n) is 5.29. The molecule has 0 amide bonds. The Labute approximate surface area is 102 Å². The number of carbonyl (C=O) groups excluding carboxylic acids is 1. The molecule has 0 fully saturated rings. The summed E-state index contributed by atoms with van der Waals surface area (Å²) in [4.78, 5) is 11.1. The van der Waals surface area contributed by atoms with E-state index >= 15 is 0 Å². The zero-order valence-electron chi connectivity index (χ0n) is 10.1. The van der Waals surface area contributed by atoms with Crippen molar-refractivity contribution in [3.05, 3.63) is 0 Å². The molecule has 1 atom stereocenters. The lowest BCUT2D eigenvalue weighted by Gasteiger charge is -2.08. The first-order chi connectivity index (χ1) is 7.43. The van der Waals surface area contributed by atoms with Crippen molar-refractivity contribution in [2.24, 2.45) is 5.92 Å². The molecule has 6 heteroatoms. The topological polar surface area (TPSA) is 60.4 Å². The monoisotopic (exact) mass is 268 g/mol. The smallest absolute Gasteiger partial charge is 0.309 e.